The second-order valence-electron chi connectivity index (χ2n) is 7.64. The molecule has 0 amide bonds. The fourth-order valence-corrected chi connectivity index (χ4v) is 2.48. The van der Waals surface area contributed by atoms with Crippen LogP contribution in [0.4, 0.5) is 0 Å². The van der Waals surface area contributed by atoms with Crippen LogP contribution < -0.4 is 0 Å². The first-order chi connectivity index (χ1) is 9.74. The highest BCUT2D eigenvalue weighted by atomic mass is 14.2. The summed E-state index contributed by atoms with van der Waals surface area (Å²) < 4.78 is 0. The molecule has 0 saturated heterocycles. The van der Waals surface area contributed by atoms with E-state index in [2.05, 4.69) is 90.1 Å². The molecule has 0 heteroatoms. The SMILES string of the molecule is CCC(C)(C)c1ccc(-c2ccc(C(C)(C)C)cc2)cc1. The van der Waals surface area contributed by atoms with Gasteiger partial charge in [-0.05, 0) is 39.5 Å². The highest BCUT2D eigenvalue weighted by Gasteiger charge is 2.17. The Labute approximate surface area is 130 Å². The van der Waals surface area contributed by atoms with Crippen molar-refractivity contribution in [3.63, 3.8) is 0 Å². The van der Waals surface area contributed by atoms with Crippen molar-refractivity contribution in [1.82, 2.24) is 0 Å². The monoisotopic (exact) mass is 280 g/mol. The molecule has 0 bridgehead atoms. The molecular weight excluding hydrogens is 252 g/mol. The highest BCUT2D eigenvalue weighted by Crippen LogP contribution is 2.30. The van der Waals surface area contributed by atoms with Gasteiger partial charge in [0.2, 0.25) is 0 Å². The summed E-state index contributed by atoms with van der Waals surface area (Å²) in [6.45, 7) is 13.6. The number of benzene rings is 2. The smallest absolute Gasteiger partial charge is 0.0106 e. The molecule has 2 aromatic rings. The summed E-state index contributed by atoms with van der Waals surface area (Å²) in [6.07, 6.45) is 1.16. The topological polar surface area (TPSA) is 0 Å². The maximum atomic E-state index is 2.31. The largest absolute Gasteiger partial charge is 0.0646 e. The zero-order valence-electron chi connectivity index (χ0n) is 14.3. The summed E-state index contributed by atoms with van der Waals surface area (Å²) in [5, 5.41) is 0. The van der Waals surface area contributed by atoms with E-state index in [0.717, 1.165) is 6.42 Å². The minimum atomic E-state index is 0.216. The predicted molar refractivity (Wildman–Crippen MR) is 93.9 cm³/mol. The molecule has 0 fully saturated rings. The number of hydrogen-bond donors (Lipinski definition) is 0. The maximum absolute atomic E-state index is 2.31. The van der Waals surface area contributed by atoms with Crippen molar-refractivity contribution in [3.8, 4) is 11.1 Å². The molecule has 112 valence electrons. The van der Waals surface area contributed by atoms with Gasteiger partial charge in [0, 0.05) is 0 Å². The minimum absolute atomic E-state index is 0.216. The minimum Gasteiger partial charge on any atom is -0.0646 e. The van der Waals surface area contributed by atoms with E-state index >= 15 is 0 Å². The van der Waals surface area contributed by atoms with Gasteiger partial charge in [-0.3, -0.25) is 0 Å². The molecule has 21 heavy (non-hydrogen) atoms. The van der Waals surface area contributed by atoms with Crippen LogP contribution in [0, 0.1) is 0 Å². The van der Waals surface area contributed by atoms with Crippen molar-refractivity contribution >= 4 is 0 Å². The predicted octanol–water partition coefficient (Wildman–Crippen LogP) is 6.34. The van der Waals surface area contributed by atoms with E-state index < -0.39 is 0 Å². The van der Waals surface area contributed by atoms with E-state index in [1.165, 1.54) is 22.3 Å². The molecule has 0 aliphatic heterocycles. The van der Waals surface area contributed by atoms with Gasteiger partial charge in [-0.2, -0.15) is 0 Å². The molecule has 0 spiro atoms. The third-order valence-corrected chi connectivity index (χ3v) is 4.63. The van der Waals surface area contributed by atoms with E-state index in [0.29, 0.717) is 0 Å². The molecule has 2 rings (SSSR count). The Kier molecular flexibility index (Phi) is 4.27. The summed E-state index contributed by atoms with van der Waals surface area (Å²) >= 11 is 0. The average Bonchev–Trinajstić information content (AvgIpc) is 2.47. The lowest BCUT2D eigenvalue weighted by molar-refractivity contribution is 0.506. The second-order valence-corrected chi connectivity index (χ2v) is 7.64. The molecule has 0 aromatic heterocycles. The van der Waals surface area contributed by atoms with Crippen LogP contribution in [-0.4, -0.2) is 0 Å². The standard InChI is InChI=1S/C21H28/c1-7-21(5,6)19-14-10-17(11-15-19)16-8-12-18(13-9-16)20(2,3)4/h8-15H,7H2,1-6H3. The van der Waals surface area contributed by atoms with E-state index in [1.54, 1.807) is 0 Å². The first kappa shape index (κ1) is 15.8. The van der Waals surface area contributed by atoms with Crippen LogP contribution in [0.3, 0.4) is 0 Å². The lowest BCUT2D eigenvalue weighted by Crippen LogP contribution is -2.14. The van der Waals surface area contributed by atoms with Gasteiger partial charge in [-0.25, -0.2) is 0 Å². The van der Waals surface area contributed by atoms with Gasteiger partial charge in [0.05, 0.1) is 0 Å². The molecule has 0 radical (unpaired) electrons. The van der Waals surface area contributed by atoms with Crippen LogP contribution in [0.2, 0.25) is 0 Å². The summed E-state index contributed by atoms with van der Waals surface area (Å²) in [5.41, 5.74) is 5.87. The normalized spacial score (nSPS) is 12.5. The van der Waals surface area contributed by atoms with Gasteiger partial charge >= 0.3 is 0 Å². The molecule has 0 aliphatic rings. The summed E-state index contributed by atoms with van der Waals surface area (Å²) in [5.74, 6) is 0. The van der Waals surface area contributed by atoms with Gasteiger partial charge in [0.15, 0.2) is 0 Å². The zero-order chi connectivity index (χ0) is 15.7. The first-order valence-corrected chi connectivity index (χ1v) is 7.95. The van der Waals surface area contributed by atoms with E-state index in [4.69, 9.17) is 0 Å². The fourth-order valence-electron chi connectivity index (χ4n) is 2.48. The first-order valence-electron chi connectivity index (χ1n) is 7.95. The third-order valence-electron chi connectivity index (χ3n) is 4.63. The Morgan fingerprint density at radius 1 is 0.619 bits per heavy atom. The van der Waals surface area contributed by atoms with Crippen molar-refractivity contribution in [2.45, 2.75) is 58.8 Å². The van der Waals surface area contributed by atoms with Gasteiger partial charge in [-0.1, -0.05) is 90.1 Å². The van der Waals surface area contributed by atoms with Gasteiger partial charge in [-0.15, -0.1) is 0 Å². The van der Waals surface area contributed by atoms with Crippen molar-refractivity contribution in [3.05, 3.63) is 59.7 Å². The van der Waals surface area contributed by atoms with E-state index in [-0.39, 0.29) is 10.8 Å². The maximum Gasteiger partial charge on any atom is -0.0106 e. The molecule has 0 N–H and O–H groups in total. The van der Waals surface area contributed by atoms with Crippen LogP contribution in [-0.2, 0) is 10.8 Å². The Hall–Kier alpha value is -1.56. The molecule has 0 atom stereocenters. The van der Waals surface area contributed by atoms with Gasteiger partial charge in [0.25, 0.3) is 0 Å². The summed E-state index contributed by atoms with van der Waals surface area (Å²) in [4.78, 5) is 0. The number of rotatable bonds is 3. The summed E-state index contributed by atoms with van der Waals surface area (Å²) in [6, 6.07) is 18.0. The second kappa shape index (κ2) is 5.67. The molecule has 0 nitrogen and oxygen atoms in total. The average molecular weight is 280 g/mol. The van der Waals surface area contributed by atoms with Crippen LogP contribution in [0.15, 0.2) is 48.5 Å². The zero-order valence-corrected chi connectivity index (χ0v) is 14.3. The Morgan fingerprint density at radius 3 is 1.33 bits per heavy atom. The summed E-state index contributed by atoms with van der Waals surface area (Å²) in [7, 11) is 0. The van der Waals surface area contributed by atoms with Crippen LogP contribution in [0.5, 0.6) is 0 Å². The molecule has 0 unspecified atom stereocenters. The Morgan fingerprint density at radius 2 is 1.00 bits per heavy atom. The van der Waals surface area contributed by atoms with Crippen molar-refractivity contribution in [1.29, 1.82) is 0 Å². The van der Waals surface area contributed by atoms with Crippen molar-refractivity contribution in [2.75, 3.05) is 0 Å². The Balaban J connectivity index is 2.27. The van der Waals surface area contributed by atoms with E-state index in [9.17, 15) is 0 Å². The molecule has 0 aliphatic carbocycles. The highest BCUT2D eigenvalue weighted by molar-refractivity contribution is 5.64. The fraction of sp³-hybridized carbons (Fsp3) is 0.429. The third kappa shape index (κ3) is 3.56. The Bertz CT molecular complexity index is 577. The molecule has 2 aromatic carbocycles. The number of hydrogen-bond acceptors (Lipinski definition) is 0. The van der Waals surface area contributed by atoms with E-state index in [1.807, 2.05) is 0 Å². The van der Waals surface area contributed by atoms with Crippen molar-refractivity contribution < 1.29 is 0 Å². The van der Waals surface area contributed by atoms with Crippen LogP contribution in [0.1, 0.15) is 59.1 Å². The van der Waals surface area contributed by atoms with Crippen LogP contribution >= 0.6 is 0 Å². The molecule has 0 saturated carbocycles. The molecule has 0 heterocycles. The van der Waals surface area contributed by atoms with Crippen LogP contribution in [0.25, 0.3) is 11.1 Å². The lowest BCUT2D eigenvalue weighted by atomic mass is 9.81. The van der Waals surface area contributed by atoms with Gasteiger partial charge in [0.1, 0.15) is 0 Å². The quantitative estimate of drug-likeness (QED) is 0.615. The molecular formula is C21H28. The lowest BCUT2D eigenvalue weighted by Gasteiger charge is -2.23. The van der Waals surface area contributed by atoms with Crippen molar-refractivity contribution in [2.24, 2.45) is 0 Å². The van der Waals surface area contributed by atoms with Gasteiger partial charge < -0.3 is 0 Å².